The van der Waals surface area contributed by atoms with E-state index in [1.807, 2.05) is 24.3 Å². The third-order valence-corrected chi connectivity index (χ3v) is 3.73. The molecule has 0 bridgehead atoms. The summed E-state index contributed by atoms with van der Waals surface area (Å²) in [6, 6.07) is 12.6. The van der Waals surface area contributed by atoms with Crippen LogP contribution in [0.15, 0.2) is 47.6 Å². The van der Waals surface area contributed by atoms with Crippen LogP contribution < -0.4 is 14.9 Å². The van der Waals surface area contributed by atoms with E-state index < -0.39 is 0 Å². The van der Waals surface area contributed by atoms with E-state index in [4.69, 9.17) is 9.47 Å². The van der Waals surface area contributed by atoms with Crippen molar-refractivity contribution in [1.29, 1.82) is 0 Å². The summed E-state index contributed by atoms with van der Waals surface area (Å²) in [7, 11) is 3.19. The van der Waals surface area contributed by atoms with Crippen molar-refractivity contribution in [2.75, 3.05) is 14.2 Å². The van der Waals surface area contributed by atoms with Crippen LogP contribution in [-0.4, -0.2) is 26.3 Å². The van der Waals surface area contributed by atoms with Gasteiger partial charge in [-0.3, -0.25) is 4.79 Å². The van der Waals surface area contributed by atoms with Gasteiger partial charge in [0, 0.05) is 5.56 Å². The smallest absolute Gasteiger partial charge is 0.271 e. The molecule has 5 nitrogen and oxygen atoms in total. The molecule has 114 valence electrons. The fourth-order valence-corrected chi connectivity index (χ4v) is 2.49. The maximum absolute atomic E-state index is 12.0. The Morgan fingerprint density at radius 2 is 2.00 bits per heavy atom. The number of hydrazone groups is 1. The molecule has 0 aliphatic carbocycles. The zero-order valence-electron chi connectivity index (χ0n) is 12.2. The minimum Gasteiger partial charge on any atom is -0.497 e. The molecule has 0 radical (unpaired) electrons. The number of nitrogens with one attached hydrogen (secondary N) is 1. The topological polar surface area (TPSA) is 59.9 Å². The lowest BCUT2D eigenvalue weighted by molar-refractivity contribution is 0.0955. The third-order valence-electron chi connectivity index (χ3n) is 2.89. The fourth-order valence-electron chi connectivity index (χ4n) is 1.76. The number of ether oxygens (including phenoxy) is 2. The number of methoxy groups -OCH3 is 2. The van der Waals surface area contributed by atoms with Gasteiger partial charge in [0.1, 0.15) is 11.5 Å². The van der Waals surface area contributed by atoms with Gasteiger partial charge in [0.15, 0.2) is 0 Å². The Labute approximate surface area is 142 Å². The summed E-state index contributed by atoms with van der Waals surface area (Å²) in [6.45, 7) is 0. The summed E-state index contributed by atoms with van der Waals surface area (Å²) >= 11 is 2.12. The Kier molecular flexibility index (Phi) is 5.76. The minimum absolute atomic E-state index is 0.278. The van der Waals surface area contributed by atoms with E-state index in [-0.39, 0.29) is 5.91 Å². The van der Waals surface area contributed by atoms with E-state index >= 15 is 0 Å². The molecule has 0 heterocycles. The van der Waals surface area contributed by atoms with Crippen molar-refractivity contribution in [1.82, 2.24) is 5.43 Å². The lowest BCUT2D eigenvalue weighted by Gasteiger charge is -2.05. The van der Waals surface area contributed by atoms with Gasteiger partial charge in [0.05, 0.1) is 24.0 Å². The molecule has 1 amide bonds. The van der Waals surface area contributed by atoms with E-state index in [2.05, 4.69) is 33.1 Å². The lowest BCUT2D eigenvalue weighted by atomic mass is 10.2. The van der Waals surface area contributed by atoms with Crippen LogP contribution in [0.4, 0.5) is 0 Å². The van der Waals surface area contributed by atoms with Crippen molar-refractivity contribution in [3.63, 3.8) is 0 Å². The Balaban J connectivity index is 2.02. The maximum Gasteiger partial charge on any atom is 0.271 e. The fraction of sp³-hybridized carbons (Fsp3) is 0.125. The highest BCUT2D eigenvalue weighted by Crippen LogP contribution is 2.21. The van der Waals surface area contributed by atoms with Crippen LogP contribution in [-0.2, 0) is 0 Å². The first-order valence-corrected chi connectivity index (χ1v) is 7.53. The number of amides is 1. The van der Waals surface area contributed by atoms with Gasteiger partial charge in [-0.25, -0.2) is 5.43 Å². The number of benzene rings is 2. The van der Waals surface area contributed by atoms with Gasteiger partial charge in [-0.05, 0) is 58.5 Å². The summed E-state index contributed by atoms with van der Waals surface area (Å²) in [5, 5.41) is 3.95. The Morgan fingerprint density at radius 1 is 1.18 bits per heavy atom. The van der Waals surface area contributed by atoms with Crippen LogP contribution >= 0.6 is 22.6 Å². The molecular weight excluding hydrogens is 395 g/mol. The Hall–Kier alpha value is -2.09. The molecule has 2 aromatic carbocycles. The number of halogens is 1. The molecular formula is C16H15IN2O3. The van der Waals surface area contributed by atoms with Crippen molar-refractivity contribution in [2.45, 2.75) is 0 Å². The second-order valence-corrected chi connectivity index (χ2v) is 5.49. The van der Waals surface area contributed by atoms with E-state index in [1.165, 1.54) is 0 Å². The number of hydrogen-bond acceptors (Lipinski definition) is 4. The van der Waals surface area contributed by atoms with Crippen LogP contribution in [0.3, 0.4) is 0 Å². The van der Waals surface area contributed by atoms with Crippen molar-refractivity contribution in [2.24, 2.45) is 5.10 Å². The first-order valence-electron chi connectivity index (χ1n) is 6.45. The molecule has 0 unspecified atom stereocenters. The normalized spacial score (nSPS) is 10.5. The quantitative estimate of drug-likeness (QED) is 0.468. The molecule has 0 aromatic heterocycles. The van der Waals surface area contributed by atoms with E-state index in [0.717, 1.165) is 20.6 Å². The average Bonchev–Trinajstić information content (AvgIpc) is 2.54. The number of nitrogens with zero attached hydrogens (tertiary/aromatic N) is 1. The number of hydrogen-bond donors (Lipinski definition) is 1. The van der Waals surface area contributed by atoms with Crippen molar-refractivity contribution in [3.8, 4) is 11.5 Å². The second kappa shape index (κ2) is 7.79. The van der Waals surface area contributed by atoms with Crippen molar-refractivity contribution >= 4 is 34.7 Å². The highest BCUT2D eigenvalue weighted by molar-refractivity contribution is 14.1. The molecule has 1 N–H and O–H groups in total. The molecule has 2 aromatic rings. The first kappa shape index (κ1) is 16.3. The highest BCUT2D eigenvalue weighted by Gasteiger charge is 2.07. The first-order chi connectivity index (χ1) is 10.6. The van der Waals surface area contributed by atoms with E-state index in [1.54, 1.807) is 38.6 Å². The second-order valence-electron chi connectivity index (χ2n) is 4.33. The molecule has 0 fully saturated rings. The standard InChI is InChI=1S/C16H15IN2O3/c1-21-13-5-3-4-11(8-13)10-18-19-16(20)12-6-7-15(22-2)14(17)9-12/h3-10H,1-2H3,(H,19,20)/b18-10-. The van der Waals surface area contributed by atoms with Crippen LogP contribution in [0.2, 0.25) is 0 Å². The summed E-state index contributed by atoms with van der Waals surface area (Å²) in [4.78, 5) is 12.0. The molecule has 0 saturated heterocycles. The molecule has 0 spiro atoms. The number of carbonyl (C=O) groups is 1. The summed E-state index contributed by atoms with van der Waals surface area (Å²) in [5.74, 6) is 1.19. The van der Waals surface area contributed by atoms with Crippen LogP contribution in [0.5, 0.6) is 11.5 Å². The molecule has 0 aliphatic heterocycles. The average molecular weight is 410 g/mol. The summed E-state index contributed by atoms with van der Waals surface area (Å²) in [5.41, 5.74) is 3.85. The van der Waals surface area contributed by atoms with Crippen LogP contribution in [0, 0.1) is 3.57 Å². The maximum atomic E-state index is 12.0. The van der Waals surface area contributed by atoms with Gasteiger partial charge in [-0.1, -0.05) is 12.1 Å². The highest BCUT2D eigenvalue weighted by atomic mass is 127. The molecule has 6 heteroatoms. The summed E-state index contributed by atoms with van der Waals surface area (Å²) in [6.07, 6.45) is 1.56. The monoisotopic (exact) mass is 410 g/mol. The zero-order valence-corrected chi connectivity index (χ0v) is 14.3. The third kappa shape index (κ3) is 4.20. The minimum atomic E-state index is -0.278. The Bertz CT molecular complexity index is 702. The molecule has 0 atom stereocenters. The van der Waals surface area contributed by atoms with E-state index in [0.29, 0.717) is 5.56 Å². The molecule has 22 heavy (non-hydrogen) atoms. The predicted molar refractivity (Wildman–Crippen MR) is 93.8 cm³/mol. The largest absolute Gasteiger partial charge is 0.497 e. The van der Waals surface area contributed by atoms with Gasteiger partial charge in [-0.15, -0.1) is 0 Å². The van der Waals surface area contributed by atoms with Crippen molar-refractivity contribution in [3.05, 3.63) is 57.2 Å². The van der Waals surface area contributed by atoms with Gasteiger partial charge in [-0.2, -0.15) is 5.10 Å². The Morgan fingerprint density at radius 3 is 2.68 bits per heavy atom. The molecule has 0 saturated carbocycles. The van der Waals surface area contributed by atoms with Gasteiger partial charge in [0.25, 0.3) is 5.91 Å². The van der Waals surface area contributed by atoms with E-state index in [9.17, 15) is 4.79 Å². The molecule has 2 rings (SSSR count). The van der Waals surface area contributed by atoms with Gasteiger partial charge < -0.3 is 9.47 Å². The lowest BCUT2D eigenvalue weighted by Crippen LogP contribution is -2.17. The summed E-state index contributed by atoms with van der Waals surface area (Å²) < 4.78 is 11.2. The van der Waals surface area contributed by atoms with Gasteiger partial charge in [0.2, 0.25) is 0 Å². The van der Waals surface area contributed by atoms with Crippen LogP contribution in [0.1, 0.15) is 15.9 Å². The number of rotatable bonds is 5. The SMILES string of the molecule is COc1cccc(/C=N\NC(=O)c2ccc(OC)c(I)c2)c1. The zero-order chi connectivity index (χ0) is 15.9. The molecule has 0 aliphatic rings. The van der Waals surface area contributed by atoms with Crippen LogP contribution in [0.25, 0.3) is 0 Å². The number of carbonyl (C=O) groups excluding carboxylic acids is 1. The van der Waals surface area contributed by atoms with Crippen molar-refractivity contribution < 1.29 is 14.3 Å². The van der Waals surface area contributed by atoms with Gasteiger partial charge >= 0.3 is 0 Å². The predicted octanol–water partition coefficient (Wildman–Crippen LogP) is 3.07.